The van der Waals surface area contributed by atoms with E-state index in [1.54, 1.807) is 6.07 Å². The predicted molar refractivity (Wildman–Crippen MR) is 111 cm³/mol. The minimum Gasteiger partial charge on any atom is -0.391 e. The van der Waals surface area contributed by atoms with Crippen molar-refractivity contribution in [2.24, 2.45) is 0 Å². The van der Waals surface area contributed by atoms with Crippen molar-refractivity contribution >= 4 is 5.91 Å². The molecule has 3 aromatic rings. The molecule has 1 saturated carbocycles. The highest BCUT2D eigenvalue weighted by Gasteiger charge is 2.34. The van der Waals surface area contributed by atoms with Crippen molar-refractivity contribution in [1.29, 1.82) is 0 Å². The number of carbonyl (C=O) groups is 1. The minimum atomic E-state index is -0.561. The number of aliphatic hydroxyl groups excluding tert-OH is 1. The van der Waals surface area contributed by atoms with Crippen molar-refractivity contribution in [2.75, 3.05) is 0 Å². The summed E-state index contributed by atoms with van der Waals surface area (Å²) < 4.78 is 1.89. The molecule has 0 unspecified atom stereocenters. The van der Waals surface area contributed by atoms with Crippen molar-refractivity contribution in [3.63, 3.8) is 0 Å². The molecule has 1 aliphatic rings. The van der Waals surface area contributed by atoms with E-state index in [0.717, 1.165) is 29.3 Å². The van der Waals surface area contributed by atoms with Crippen LogP contribution in [-0.2, 0) is 0 Å². The summed E-state index contributed by atoms with van der Waals surface area (Å²) >= 11 is 0. The lowest BCUT2D eigenvalue weighted by atomic mass is 9.83. The van der Waals surface area contributed by atoms with Crippen LogP contribution in [0.1, 0.15) is 52.8 Å². The van der Waals surface area contributed by atoms with E-state index in [4.69, 9.17) is 0 Å². The number of aromatic nitrogens is 3. The second-order valence-electron chi connectivity index (χ2n) is 7.79. The molecule has 1 amide bonds. The summed E-state index contributed by atoms with van der Waals surface area (Å²) in [5.41, 5.74) is 2.61. The Morgan fingerprint density at radius 3 is 2.66 bits per heavy atom. The van der Waals surface area contributed by atoms with Crippen LogP contribution < -0.4 is 5.32 Å². The molecule has 6 heteroatoms. The molecule has 1 fully saturated rings. The van der Waals surface area contributed by atoms with E-state index in [-0.39, 0.29) is 17.9 Å². The normalized spacial score (nSPS) is 21.7. The molecule has 150 valence electrons. The van der Waals surface area contributed by atoms with Crippen LogP contribution in [0.15, 0.2) is 54.6 Å². The van der Waals surface area contributed by atoms with Crippen LogP contribution in [0.2, 0.25) is 0 Å². The highest BCUT2D eigenvalue weighted by atomic mass is 16.3. The van der Waals surface area contributed by atoms with Crippen LogP contribution in [0.25, 0.3) is 5.69 Å². The second kappa shape index (κ2) is 8.17. The number of aryl methyl sites for hydroxylation is 2. The van der Waals surface area contributed by atoms with Gasteiger partial charge in [0.25, 0.3) is 5.91 Å². The smallest absolute Gasteiger partial charge is 0.251 e. The van der Waals surface area contributed by atoms with Gasteiger partial charge in [-0.15, -0.1) is 0 Å². The molecule has 0 spiro atoms. The van der Waals surface area contributed by atoms with Gasteiger partial charge in [0.05, 0.1) is 17.8 Å². The van der Waals surface area contributed by atoms with Gasteiger partial charge in [-0.3, -0.25) is 4.79 Å². The Morgan fingerprint density at radius 1 is 1.10 bits per heavy atom. The fraction of sp³-hybridized carbons (Fsp3) is 0.348. The SMILES string of the molecule is Cc1cccc(C(=O)N[C@@H]2C[C@@H](c3nc(C)nn3-c3ccccc3)CC[C@H]2O)c1. The maximum atomic E-state index is 12.7. The van der Waals surface area contributed by atoms with Crippen LogP contribution in [0.5, 0.6) is 0 Å². The molecule has 29 heavy (non-hydrogen) atoms. The lowest BCUT2D eigenvalue weighted by Crippen LogP contribution is -2.47. The number of para-hydroxylation sites is 1. The predicted octanol–water partition coefficient (Wildman–Crippen LogP) is 3.31. The van der Waals surface area contributed by atoms with Crippen LogP contribution in [0, 0.1) is 13.8 Å². The van der Waals surface area contributed by atoms with Gasteiger partial charge in [0.15, 0.2) is 0 Å². The number of carbonyl (C=O) groups excluding carboxylic acids is 1. The number of benzene rings is 2. The molecule has 3 atom stereocenters. The molecule has 6 nitrogen and oxygen atoms in total. The number of hydrogen-bond acceptors (Lipinski definition) is 4. The topological polar surface area (TPSA) is 80.0 Å². The molecule has 1 aromatic heterocycles. The first-order valence-corrected chi connectivity index (χ1v) is 10.1. The zero-order valence-electron chi connectivity index (χ0n) is 16.7. The molecule has 4 rings (SSSR count). The van der Waals surface area contributed by atoms with Crippen LogP contribution in [0.3, 0.4) is 0 Å². The number of nitrogens with one attached hydrogen (secondary N) is 1. The van der Waals surface area contributed by atoms with Gasteiger partial charge in [-0.25, -0.2) is 9.67 Å². The van der Waals surface area contributed by atoms with E-state index < -0.39 is 6.10 Å². The Morgan fingerprint density at radius 2 is 1.90 bits per heavy atom. The van der Waals surface area contributed by atoms with Gasteiger partial charge in [-0.05, 0) is 57.4 Å². The zero-order valence-corrected chi connectivity index (χ0v) is 16.7. The summed E-state index contributed by atoms with van der Waals surface area (Å²) in [6.07, 6.45) is 1.49. The Hall–Kier alpha value is -2.99. The van der Waals surface area contributed by atoms with E-state index in [2.05, 4.69) is 15.4 Å². The standard InChI is InChI=1S/C23H26N4O2/c1-15-7-6-8-18(13-15)23(29)25-20-14-17(11-12-21(20)28)22-24-16(2)26-27(22)19-9-4-3-5-10-19/h3-10,13,17,20-21,28H,11-12,14H2,1-2H3,(H,25,29)/t17-,20+,21+/m0/s1. The van der Waals surface area contributed by atoms with Gasteiger partial charge in [-0.2, -0.15) is 5.10 Å². The van der Waals surface area contributed by atoms with Crippen molar-refractivity contribution in [1.82, 2.24) is 20.1 Å². The summed E-state index contributed by atoms with van der Waals surface area (Å²) in [5.74, 6) is 1.56. The van der Waals surface area contributed by atoms with Crippen LogP contribution in [-0.4, -0.2) is 37.9 Å². The molecule has 0 radical (unpaired) electrons. The molecule has 0 saturated heterocycles. The lowest BCUT2D eigenvalue weighted by molar-refractivity contribution is 0.0670. The van der Waals surface area contributed by atoms with E-state index in [1.807, 2.05) is 67.1 Å². The van der Waals surface area contributed by atoms with Gasteiger partial charge >= 0.3 is 0 Å². The lowest BCUT2D eigenvalue weighted by Gasteiger charge is -2.33. The average molecular weight is 390 g/mol. The first-order chi connectivity index (χ1) is 14.0. The second-order valence-corrected chi connectivity index (χ2v) is 7.79. The molecular formula is C23H26N4O2. The third-order valence-electron chi connectivity index (χ3n) is 5.51. The number of rotatable bonds is 4. The van der Waals surface area contributed by atoms with Gasteiger partial charge in [-0.1, -0.05) is 35.9 Å². The number of aliphatic hydroxyl groups is 1. The summed E-state index contributed by atoms with van der Waals surface area (Å²) in [7, 11) is 0. The molecular weight excluding hydrogens is 364 g/mol. The maximum Gasteiger partial charge on any atom is 0.251 e. The van der Waals surface area contributed by atoms with Crippen LogP contribution in [0.4, 0.5) is 0 Å². The Balaban J connectivity index is 1.55. The summed E-state index contributed by atoms with van der Waals surface area (Å²) in [4.78, 5) is 17.4. The fourth-order valence-corrected chi connectivity index (χ4v) is 4.04. The van der Waals surface area contributed by atoms with Crippen molar-refractivity contribution in [3.05, 3.63) is 77.4 Å². The average Bonchev–Trinajstić information content (AvgIpc) is 3.12. The molecule has 0 bridgehead atoms. The van der Waals surface area contributed by atoms with Gasteiger partial charge < -0.3 is 10.4 Å². The molecule has 0 aliphatic heterocycles. The minimum absolute atomic E-state index is 0.114. The molecule has 1 heterocycles. The molecule has 2 aromatic carbocycles. The third-order valence-corrected chi connectivity index (χ3v) is 5.51. The quantitative estimate of drug-likeness (QED) is 0.716. The highest BCUT2D eigenvalue weighted by Crippen LogP contribution is 2.33. The van der Waals surface area contributed by atoms with Crippen molar-refractivity contribution in [2.45, 2.75) is 51.2 Å². The summed E-state index contributed by atoms with van der Waals surface area (Å²) in [5, 5.41) is 18.1. The van der Waals surface area contributed by atoms with Gasteiger partial charge in [0, 0.05) is 11.5 Å². The van der Waals surface area contributed by atoms with Gasteiger partial charge in [0.2, 0.25) is 0 Å². The fourth-order valence-electron chi connectivity index (χ4n) is 4.04. The monoisotopic (exact) mass is 390 g/mol. The first-order valence-electron chi connectivity index (χ1n) is 10.1. The maximum absolute atomic E-state index is 12.7. The Kier molecular flexibility index (Phi) is 5.45. The summed E-state index contributed by atoms with van der Waals surface area (Å²) in [6, 6.07) is 17.1. The van der Waals surface area contributed by atoms with E-state index in [9.17, 15) is 9.90 Å². The number of hydrogen-bond donors (Lipinski definition) is 2. The van der Waals surface area contributed by atoms with Crippen molar-refractivity contribution in [3.8, 4) is 5.69 Å². The third kappa shape index (κ3) is 4.22. The zero-order chi connectivity index (χ0) is 20.4. The van der Waals surface area contributed by atoms with Gasteiger partial charge in [0.1, 0.15) is 11.6 Å². The van der Waals surface area contributed by atoms with E-state index in [1.165, 1.54) is 0 Å². The van der Waals surface area contributed by atoms with Crippen LogP contribution >= 0.6 is 0 Å². The molecule has 1 aliphatic carbocycles. The number of amides is 1. The number of nitrogens with zero attached hydrogens (tertiary/aromatic N) is 3. The largest absolute Gasteiger partial charge is 0.391 e. The van der Waals surface area contributed by atoms with Crippen molar-refractivity contribution < 1.29 is 9.90 Å². The summed E-state index contributed by atoms with van der Waals surface area (Å²) in [6.45, 7) is 3.85. The Labute approximate surface area is 170 Å². The Bertz CT molecular complexity index is 999. The highest BCUT2D eigenvalue weighted by molar-refractivity contribution is 5.94. The van der Waals surface area contributed by atoms with E-state index >= 15 is 0 Å². The van der Waals surface area contributed by atoms with E-state index in [0.29, 0.717) is 18.4 Å². The first kappa shape index (κ1) is 19.3. The molecule has 2 N–H and O–H groups in total.